The minimum Gasteiger partial charge on any atom is -0.322 e. The zero-order valence-corrected chi connectivity index (χ0v) is 15.7. The van der Waals surface area contributed by atoms with Crippen LogP contribution in [0.1, 0.15) is 5.56 Å². The molecule has 0 saturated carbocycles. The van der Waals surface area contributed by atoms with Crippen LogP contribution >= 0.6 is 0 Å². The largest absolute Gasteiger partial charge is 0.322 e. The Labute approximate surface area is 159 Å². The molecule has 0 aliphatic carbocycles. The number of hydrogen-bond acceptors (Lipinski definition) is 2. The van der Waals surface area contributed by atoms with Crippen LogP contribution in [-0.4, -0.2) is 13.0 Å². The molecule has 0 N–H and O–H groups in total. The molecule has 134 valence electrons. The van der Waals surface area contributed by atoms with E-state index in [9.17, 15) is 8.42 Å². The lowest BCUT2D eigenvalue weighted by molar-refractivity contribution is 0.596. The third kappa shape index (κ3) is 3.32. The van der Waals surface area contributed by atoms with E-state index in [4.69, 9.17) is 0 Å². The monoisotopic (exact) mass is 373 g/mol. The van der Waals surface area contributed by atoms with Gasteiger partial charge in [-0.3, -0.25) is 0 Å². The van der Waals surface area contributed by atoms with Crippen molar-refractivity contribution in [1.82, 2.24) is 4.57 Å². The van der Waals surface area contributed by atoms with Crippen molar-refractivity contribution in [3.63, 3.8) is 0 Å². The number of aryl methyl sites for hydroxylation is 1. The van der Waals surface area contributed by atoms with Gasteiger partial charge in [0, 0.05) is 23.6 Å². The van der Waals surface area contributed by atoms with Crippen molar-refractivity contribution in [3.05, 3.63) is 103 Å². The van der Waals surface area contributed by atoms with Crippen LogP contribution in [-0.2, 0) is 9.84 Å². The zero-order valence-electron chi connectivity index (χ0n) is 14.9. The number of benzene rings is 3. The molecule has 0 atom stereocenters. The molecule has 0 aliphatic heterocycles. The van der Waals surface area contributed by atoms with Crippen LogP contribution in [0.2, 0.25) is 0 Å². The SMILES string of the molecule is Cc1ccc(S(=O)(=O)c2cn(-c3ccccc3)cc2-c2ccccc2)cc1. The van der Waals surface area contributed by atoms with E-state index < -0.39 is 9.84 Å². The lowest BCUT2D eigenvalue weighted by atomic mass is 10.1. The first-order chi connectivity index (χ1) is 13.1. The number of aromatic nitrogens is 1. The Morgan fingerprint density at radius 2 is 1.30 bits per heavy atom. The minimum absolute atomic E-state index is 0.302. The standard InChI is InChI=1S/C23H19NO2S/c1-18-12-14-21(15-13-18)27(25,26)23-17-24(20-10-6-3-7-11-20)16-22(23)19-8-4-2-5-9-19/h2-17H,1H3. The number of rotatable bonds is 4. The first kappa shape index (κ1) is 17.3. The molecule has 0 spiro atoms. The fourth-order valence-corrected chi connectivity index (χ4v) is 4.54. The summed E-state index contributed by atoms with van der Waals surface area (Å²) >= 11 is 0. The molecule has 0 saturated heterocycles. The van der Waals surface area contributed by atoms with Gasteiger partial charge in [0.1, 0.15) is 0 Å². The van der Waals surface area contributed by atoms with Gasteiger partial charge in [-0.2, -0.15) is 0 Å². The van der Waals surface area contributed by atoms with Gasteiger partial charge in [0.2, 0.25) is 9.84 Å². The van der Waals surface area contributed by atoms with Gasteiger partial charge in [0.25, 0.3) is 0 Å². The van der Waals surface area contributed by atoms with Crippen LogP contribution < -0.4 is 0 Å². The number of sulfone groups is 1. The second kappa shape index (κ2) is 6.89. The maximum atomic E-state index is 13.4. The maximum Gasteiger partial charge on any atom is 0.208 e. The minimum atomic E-state index is -3.64. The van der Waals surface area contributed by atoms with Crippen molar-refractivity contribution in [2.75, 3.05) is 0 Å². The van der Waals surface area contributed by atoms with Crippen molar-refractivity contribution in [3.8, 4) is 16.8 Å². The van der Waals surface area contributed by atoms with Crippen LogP contribution in [0.25, 0.3) is 16.8 Å². The first-order valence-electron chi connectivity index (χ1n) is 8.70. The van der Waals surface area contributed by atoms with E-state index >= 15 is 0 Å². The molecule has 4 rings (SSSR count). The third-order valence-electron chi connectivity index (χ3n) is 4.55. The Morgan fingerprint density at radius 3 is 1.93 bits per heavy atom. The molecule has 0 bridgehead atoms. The third-order valence-corrected chi connectivity index (χ3v) is 6.35. The molecule has 3 aromatic carbocycles. The van der Waals surface area contributed by atoms with E-state index in [2.05, 4.69) is 0 Å². The molecular formula is C23H19NO2S. The normalized spacial score (nSPS) is 11.4. The zero-order chi connectivity index (χ0) is 18.9. The highest BCUT2D eigenvalue weighted by Crippen LogP contribution is 2.33. The molecule has 1 aromatic heterocycles. The molecule has 0 fully saturated rings. The van der Waals surface area contributed by atoms with Crippen molar-refractivity contribution in [1.29, 1.82) is 0 Å². The molecule has 0 radical (unpaired) electrons. The Kier molecular flexibility index (Phi) is 4.42. The second-order valence-electron chi connectivity index (χ2n) is 6.46. The second-order valence-corrected chi connectivity index (χ2v) is 8.38. The highest BCUT2D eigenvalue weighted by atomic mass is 32.2. The van der Waals surface area contributed by atoms with Gasteiger partial charge >= 0.3 is 0 Å². The van der Waals surface area contributed by atoms with Crippen molar-refractivity contribution >= 4 is 9.84 Å². The lowest BCUT2D eigenvalue weighted by Crippen LogP contribution is -2.02. The lowest BCUT2D eigenvalue weighted by Gasteiger charge is -2.06. The average Bonchev–Trinajstić information content (AvgIpc) is 3.16. The summed E-state index contributed by atoms with van der Waals surface area (Å²) in [7, 11) is -3.64. The molecule has 4 aromatic rings. The molecule has 0 aliphatic rings. The molecule has 0 unspecified atom stereocenters. The number of nitrogens with zero attached hydrogens (tertiary/aromatic N) is 1. The highest BCUT2D eigenvalue weighted by molar-refractivity contribution is 7.91. The van der Waals surface area contributed by atoms with Gasteiger partial charge in [0.05, 0.1) is 9.79 Å². The van der Waals surface area contributed by atoms with E-state index in [0.717, 1.165) is 16.8 Å². The van der Waals surface area contributed by atoms with E-state index in [1.54, 1.807) is 18.3 Å². The smallest absolute Gasteiger partial charge is 0.208 e. The Bertz CT molecular complexity index is 1160. The summed E-state index contributed by atoms with van der Waals surface area (Å²) in [5.74, 6) is 0. The van der Waals surface area contributed by atoms with E-state index in [1.165, 1.54) is 0 Å². The van der Waals surface area contributed by atoms with Crippen LogP contribution in [0.15, 0.2) is 107 Å². The predicted molar refractivity (Wildman–Crippen MR) is 108 cm³/mol. The van der Waals surface area contributed by atoms with Crippen molar-refractivity contribution in [2.24, 2.45) is 0 Å². The molecule has 4 heteroatoms. The van der Waals surface area contributed by atoms with Crippen molar-refractivity contribution < 1.29 is 8.42 Å². The fraction of sp³-hybridized carbons (Fsp3) is 0.0435. The van der Waals surface area contributed by atoms with Gasteiger partial charge in [-0.25, -0.2) is 8.42 Å². The fourth-order valence-electron chi connectivity index (χ4n) is 3.08. The summed E-state index contributed by atoms with van der Waals surface area (Å²) in [5, 5.41) is 0. The quantitative estimate of drug-likeness (QED) is 0.488. The van der Waals surface area contributed by atoms with E-state index in [-0.39, 0.29) is 0 Å². The van der Waals surface area contributed by atoms with Crippen LogP contribution in [0.3, 0.4) is 0 Å². The first-order valence-corrected chi connectivity index (χ1v) is 10.2. The number of hydrogen-bond donors (Lipinski definition) is 0. The van der Waals surface area contributed by atoms with Crippen molar-refractivity contribution in [2.45, 2.75) is 16.7 Å². The molecule has 3 nitrogen and oxygen atoms in total. The van der Waals surface area contributed by atoms with Gasteiger partial charge in [-0.1, -0.05) is 66.2 Å². The van der Waals surface area contributed by atoms with Crippen LogP contribution in [0.4, 0.5) is 0 Å². The molecule has 1 heterocycles. The summed E-state index contributed by atoms with van der Waals surface area (Å²) < 4.78 is 28.6. The van der Waals surface area contributed by atoms with E-state index in [1.807, 2.05) is 90.5 Å². The Hall–Kier alpha value is -3.11. The molecule has 0 amide bonds. The summed E-state index contributed by atoms with van der Waals surface area (Å²) in [5.41, 5.74) is 3.51. The summed E-state index contributed by atoms with van der Waals surface area (Å²) in [6.45, 7) is 1.94. The van der Waals surface area contributed by atoms with Gasteiger partial charge in [0.15, 0.2) is 0 Å². The Balaban J connectivity index is 1.93. The van der Waals surface area contributed by atoms with Gasteiger partial charge < -0.3 is 4.57 Å². The summed E-state index contributed by atoms with van der Waals surface area (Å²) in [6.07, 6.45) is 3.58. The average molecular weight is 373 g/mol. The van der Waals surface area contributed by atoms with Gasteiger partial charge in [-0.15, -0.1) is 0 Å². The maximum absolute atomic E-state index is 13.4. The summed E-state index contributed by atoms with van der Waals surface area (Å²) in [4.78, 5) is 0.609. The predicted octanol–water partition coefficient (Wildman–Crippen LogP) is 5.29. The highest BCUT2D eigenvalue weighted by Gasteiger charge is 2.24. The molecule has 27 heavy (non-hydrogen) atoms. The van der Waals surface area contributed by atoms with Crippen LogP contribution in [0, 0.1) is 6.92 Å². The van der Waals surface area contributed by atoms with Crippen LogP contribution in [0.5, 0.6) is 0 Å². The summed E-state index contributed by atoms with van der Waals surface area (Å²) in [6, 6.07) is 26.3. The number of para-hydroxylation sites is 1. The van der Waals surface area contributed by atoms with E-state index in [0.29, 0.717) is 15.4 Å². The Morgan fingerprint density at radius 1 is 0.704 bits per heavy atom. The topological polar surface area (TPSA) is 39.1 Å². The van der Waals surface area contributed by atoms with Gasteiger partial charge in [-0.05, 0) is 36.8 Å². The molecular weight excluding hydrogens is 354 g/mol.